The molecule has 2 atom stereocenters. The van der Waals surface area contributed by atoms with E-state index in [1.54, 1.807) is 0 Å². The first-order chi connectivity index (χ1) is 10.8. The third-order valence-electron chi connectivity index (χ3n) is 5.52. The molecule has 1 saturated carbocycles. The lowest BCUT2D eigenvalue weighted by molar-refractivity contribution is 0.122. The highest BCUT2D eigenvalue weighted by Gasteiger charge is 2.28. The van der Waals surface area contributed by atoms with Crippen molar-refractivity contribution in [2.24, 2.45) is 5.92 Å². The Morgan fingerprint density at radius 1 is 1.00 bits per heavy atom. The lowest BCUT2D eigenvalue weighted by Crippen LogP contribution is -2.51. The highest BCUT2D eigenvalue weighted by Crippen LogP contribution is 2.24. The smallest absolute Gasteiger partial charge is 0.0234 e. The molecule has 2 heteroatoms. The van der Waals surface area contributed by atoms with Gasteiger partial charge in [0.1, 0.15) is 0 Å². The zero-order valence-electron chi connectivity index (χ0n) is 14.1. The summed E-state index contributed by atoms with van der Waals surface area (Å²) in [5, 5.41) is 4.00. The SMILES string of the molecule is CCC1CC(NC2CCCCC2)CN(Cc2ccccc2)C1. The zero-order valence-corrected chi connectivity index (χ0v) is 14.1. The van der Waals surface area contributed by atoms with E-state index >= 15 is 0 Å². The van der Waals surface area contributed by atoms with Crippen LogP contribution in [0.25, 0.3) is 0 Å². The van der Waals surface area contributed by atoms with Crippen LogP contribution in [-0.4, -0.2) is 30.1 Å². The molecule has 0 bridgehead atoms. The molecule has 0 amide bonds. The maximum absolute atomic E-state index is 4.00. The number of nitrogens with one attached hydrogen (secondary N) is 1. The Balaban J connectivity index is 1.56. The average Bonchev–Trinajstić information content (AvgIpc) is 2.56. The van der Waals surface area contributed by atoms with E-state index < -0.39 is 0 Å². The first-order valence-electron chi connectivity index (χ1n) is 9.36. The van der Waals surface area contributed by atoms with Gasteiger partial charge in [-0.15, -0.1) is 0 Å². The van der Waals surface area contributed by atoms with E-state index in [1.807, 2.05) is 0 Å². The van der Waals surface area contributed by atoms with Crippen LogP contribution in [0.1, 0.15) is 57.4 Å². The van der Waals surface area contributed by atoms with Crippen molar-refractivity contribution >= 4 is 0 Å². The van der Waals surface area contributed by atoms with E-state index in [0.717, 1.165) is 18.5 Å². The molecule has 2 unspecified atom stereocenters. The van der Waals surface area contributed by atoms with Gasteiger partial charge in [0.25, 0.3) is 0 Å². The largest absolute Gasteiger partial charge is 0.310 e. The molecule has 2 fully saturated rings. The van der Waals surface area contributed by atoms with Gasteiger partial charge in [0.05, 0.1) is 0 Å². The van der Waals surface area contributed by atoms with Crippen LogP contribution in [0.5, 0.6) is 0 Å². The quantitative estimate of drug-likeness (QED) is 0.876. The van der Waals surface area contributed by atoms with Gasteiger partial charge in [0.2, 0.25) is 0 Å². The summed E-state index contributed by atoms with van der Waals surface area (Å²) in [4.78, 5) is 2.67. The maximum Gasteiger partial charge on any atom is 0.0234 e. The van der Waals surface area contributed by atoms with Gasteiger partial charge >= 0.3 is 0 Å². The van der Waals surface area contributed by atoms with Gasteiger partial charge in [0, 0.05) is 31.7 Å². The average molecular weight is 300 g/mol. The number of hydrogen-bond acceptors (Lipinski definition) is 2. The summed E-state index contributed by atoms with van der Waals surface area (Å²) in [7, 11) is 0. The Labute approximate surface area is 136 Å². The Bertz CT molecular complexity index is 425. The van der Waals surface area contributed by atoms with Crippen molar-refractivity contribution < 1.29 is 0 Å². The molecule has 1 heterocycles. The summed E-state index contributed by atoms with van der Waals surface area (Å²) >= 11 is 0. The van der Waals surface area contributed by atoms with Crippen LogP contribution < -0.4 is 5.32 Å². The second kappa shape index (κ2) is 8.12. The molecule has 22 heavy (non-hydrogen) atoms. The monoisotopic (exact) mass is 300 g/mol. The van der Waals surface area contributed by atoms with Crippen molar-refractivity contribution in [3.05, 3.63) is 35.9 Å². The molecule has 0 radical (unpaired) electrons. The molecule has 122 valence electrons. The van der Waals surface area contributed by atoms with E-state index in [0.29, 0.717) is 6.04 Å². The van der Waals surface area contributed by atoms with Crippen LogP contribution in [0.15, 0.2) is 30.3 Å². The molecule has 1 saturated heterocycles. The second-order valence-electron chi connectivity index (χ2n) is 7.39. The van der Waals surface area contributed by atoms with Gasteiger partial charge in [-0.3, -0.25) is 4.90 Å². The van der Waals surface area contributed by atoms with Crippen molar-refractivity contribution in [2.75, 3.05) is 13.1 Å². The number of likely N-dealkylation sites (tertiary alicyclic amines) is 1. The highest BCUT2D eigenvalue weighted by molar-refractivity contribution is 5.14. The first-order valence-corrected chi connectivity index (χ1v) is 9.36. The Hall–Kier alpha value is -0.860. The van der Waals surface area contributed by atoms with Gasteiger partial charge in [-0.1, -0.05) is 62.9 Å². The molecule has 1 aliphatic carbocycles. The standard InChI is InChI=1S/C20H32N2/c1-2-17-13-20(21-19-11-7-4-8-12-19)16-22(14-17)15-18-9-5-3-6-10-18/h3,5-6,9-10,17,19-21H,2,4,7-8,11-16H2,1H3. The van der Waals surface area contributed by atoms with Gasteiger partial charge in [-0.25, -0.2) is 0 Å². The number of rotatable bonds is 5. The third-order valence-corrected chi connectivity index (χ3v) is 5.52. The van der Waals surface area contributed by atoms with E-state index in [4.69, 9.17) is 0 Å². The van der Waals surface area contributed by atoms with E-state index in [2.05, 4.69) is 47.5 Å². The fourth-order valence-electron chi connectivity index (χ4n) is 4.29. The van der Waals surface area contributed by atoms with Crippen molar-refractivity contribution in [3.8, 4) is 0 Å². The minimum atomic E-state index is 0.700. The molecule has 0 aromatic heterocycles. The van der Waals surface area contributed by atoms with Gasteiger partial charge < -0.3 is 5.32 Å². The van der Waals surface area contributed by atoms with Crippen LogP contribution in [0.2, 0.25) is 0 Å². The van der Waals surface area contributed by atoms with E-state index in [1.165, 1.54) is 63.6 Å². The van der Waals surface area contributed by atoms with Crippen molar-refractivity contribution in [1.82, 2.24) is 10.2 Å². The maximum atomic E-state index is 4.00. The van der Waals surface area contributed by atoms with Crippen LogP contribution in [0.4, 0.5) is 0 Å². The number of piperidine rings is 1. The second-order valence-corrected chi connectivity index (χ2v) is 7.39. The summed E-state index contributed by atoms with van der Waals surface area (Å²) in [5.74, 6) is 0.860. The lowest BCUT2D eigenvalue weighted by Gasteiger charge is -2.40. The lowest BCUT2D eigenvalue weighted by atomic mass is 9.89. The minimum Gasteiger partial charge on any atom is -0.310 e. The summed E-state index contributed by atoms with van der Waals surface area (Å²) in [5.41, 5.74) is 1.45. The summed E-state index contributed by atoms with van der Waals surface area (Å²) in [6.07, 6.45) is 9.77. The molecule has 3 rings (SSSR count). The summed E-state index contributed by atoms with van der Waals surface area (Å²) in [6, 6.07) is 12.4. The zero-order chi connectivity index (χ0) is 15.2. The van der Waals surface area contributed by atoms with Gasteiger partial charge in [-0.05, 0) is 30.7 Å². The molecule has 1 aromatic carbocycles. The first kappa shape index (κ1) is 16.0. The topological polar surface area (TPSA) is 15.3 Å². The van der Waals surface area contributed by atoms with Crippen molar-refractivity contribution in [3.63, 3.8) is 0 Å². The number of benzene rings is 1. The van der Waals surface area contributed by atoms with Crippen LogP contribution in [0, 0.1) is 5.92 Å². The molecule has 0 spiro atoms. The van der Waals surface area contributed by atoms with Gasteiger partial charge in [-0.2, -0.15) is 0 Å². The normalized spacial score (nSPS) is 27.9. The van der Waals surface area contributed by atoms with Gasteiger partial charge in [0.15, 0.2) is 0 Å². The molecule has 1 N–H and O–H groups in total. The number of nitrogens with zero attached hydrogens (tertiary/aromatic N) is 1. The molecular weight excluding hydrogens is 268 g/mol. The van der Waals surface area contributed by atoms with E-state index in [9.17, 15) is 0 Å². The molecular formula is C20H32N2. The highest BCUT2D eigenvalue weighted by atomic mass is 15.2. The van der Waals surface area contributed by atoms with Crippen LogP contribution in [-0.2, 0) is 6.54 Å². The molecule has 2 aliphatic rings. The Morgan fingerprint density at radius 3 is 2.50 bits per heavy atom. The Morgan fingerprint density at radius 2 is 1.77 bits per heavy atom. The van der Waals surface area contributed by atoms with E-state index in [-0.39, 0.29) is 0 Å². The molecule has 2 nitrogen and oxygen atoms in total. The Kier molecular flexibility index (Phi) is 5.91. The summed E-state index contributed by atoms with van der Waals surface area (Å²) < 4.78 is 0. The predicted molar refractivity (Wildman–Crippen MR) is 93.9 cm³/mol. The van der Waals surface area contributed by atoms with Crippen LogP contribution in [0.3, 0.4) is 0 Å². The summed E-state index contributed by atoms with van der Waals surface area (Å²) in [6.45, 7) is 5.96. The third kappa shape index (κ3) is 4.57. The number of hydrogen-bond donors (Lipinski definition) is 1. The molecule has 1 aliphatic heterocycles. The van der Waals surface area contributed by atoms with Crippen LogP contribution >= 0.6 is 0 Å². The predicted octanol–water partition coefficient (Wildman–Crippen LogP) is 4.21. The van der Waals surface area contributed by atoms with Crippen molar-refractivity contribution in [1.29, 1.82) is 0 Å². The fourth-order valence-corrected chi connectivity index (χ4v) is 4.29. The van der Waals surface area contributed by atoms with Crippen molar-refractivity contribution in [2.45, 2.75) is 70.5 Å². The molecule has 1 aromatic rings. The fraction of sp³-hybridized carbons (Fsp3) is 0.700. The minimum absolute atomic E-state index is 0.700.